The fourth-order valence-electron chi connectivity index (χ4n) is 1.81. The topological polar surface area (TPSA) is 43.1 Å². The maximum absolute atomic E-state index is 13.6. The zero-order valence-electron chi connectivity index (χ0n) is 10.4. The molecule has 0 unspecified atom stereocenters. The SMILES string of the molecule is NCCCCCCC(=O)Cc1cccc(Cl)c1F. The van der Waals surface area contributed by atoms with E-state index in [-0.39, 0.29) is 17.2 Å². The zero-order chi connectivity index (χ0) is 13.4. The molecule has 0 spiro atoms. The Balaban J connectivity index is 2.34. The number of hydrogen-bond donors (Lipinski definition) is 1. The van der Waals surface area contributed by atoms with Gasteiger partial charge in [-0.25, -0.2) is 4.39 Å². The second-order valence-electron chi connectivity index (χ2n) is 4.38. The van der Waals surface area contributed by atoms with Gasteiger partial charge in [-0.15, -0.1) is 0 Å². The molecule has 0 amide bonds. The monoisotopic (exact) mass is 271 g/mol. The van der Waals surface area contributed by atoms with Crippen molar-refractivity contribution in [3.8, 4) is 0 Å². The maximum Gasteiger partial charge on any atom is 0.145 e. The first-order valence-electron chi connectivity index (χ1n) is 6.30. The second-order valence-corrected chi connectivity index (χ2v) is 4.79. The molecule has 0 aliphatic carbocycles. The van der Waals surface area contributed by atoms with Crippen LogP contribution in [0.3, 0.4) is 0 Å². The number of halogens is 2. The normalized spacial score (nSPS) is 10.6. The van der Waals surface area contributed by atoms with Crippen LogP contribution in [0.5, 0.6) is 0 Å². The fraction of sp³-hybridized carbons (Fsp3) is 0.500. The number of Topliss-reactive ketones (excluding diaryl/α,β-unsaturated/α-hetero) is 1. The molecule has 1 aromatic carbocycles. The van der Waals surface area contributed by atoms with Crippen LogP contribution < -0.4 is 5.73 Å². The summed E-state index contributed by atoms with van der Waals surface area (Å²) in [6, 6.07) is 4.75. The Morgan fingerprint density at radius 1 is 1.22 bits per heavy atom. The highest BCUT2D eigenvalue weighted by atomic mass is 35.5. The molecule has 0 heterocycles. The zero-order valence-corrected chi connectivity index (χ0v) is 11.2. The van der Waals surface area contributed by atoms with Gasteiger partial charge in [-0.3, -0.25) is 4.79 Å². The van der Waals surface area contributed by atoms with Crippen molar-refractivity contribution < 1.29 is 9.18 Å². The summed E-state index contributed by atoms with van der Waals surface area (Å²) < 4.78 is 13.6. The van der Waals surface area contributed by atoms with Gasteiger partial charge in [0.25, 0.3) is 0 Å². The molecule has 0 aliphatic heterocycles. The molecule has 4 heteroatoms. The number of benzene rings is 1. The first kappa shape index (κ1) is 15.1. The van der Waals surface area contributed by atoms with Crippen LogP contribution in [0.25, 0.3) is 0 Å². The van der Waals surface area contributed by atoms with Crippen LogP contribution >= 0.6 is 11.6 Å². The van der Waals surface area contributed by atoms with E-state index in [1.807, 2.05) is 0 Å². The minimum Gasteiger partial charge on any atom is -0.330 e. The summed E-state index contributed by atoms with van der Waals surface area (Å²) in [5, 5.41) is 0.0724. The Labute approximate surface area is 112 Å². The standard InChI is InChI=1S/C14H19ClFNO/c15-13-8-5-6-11(14(13)16)10-12(18)7-3-1-2-4-9-17/h5-6,8H,1-4,7,9-10,17H2. The lowest BCUT2D eigenvalue weighted by molar-refractivity contribution is -0.118. The van der Waals surface area contributed by atoms with Gasteiger partial charge in [0.05, 0.1) is 5.02 Å². The van der Waals surface area contributed by atoms with Crippen molar-refractivity contribution in [2.45, 2.75) is 38.5 Å². The lowest BCUT2D eigenvalue weighted by Gasteiger charge is -2.04. The highest BCUT2D eigenvalue weighted by Crippen LogP contribution is 2.19. The lowest BCUT2D eigenvalue weighted by Crippen LogP contribution is -2.05. The van der Waals surface area contributed by atoms with Gasteiger partial charge < -0.3 is 5.73 Å². The van der Waals surface area contributed by atoms with Gasteiger partial charge >= 0.3 is 0 Å². The van der Waals surface area contributed by atoms with E-state index in [9.17, 15) is 9.18 Å². The quantitative estimate of drug-likeness (QED) is 0.736. The number of carbonyl (C=O) groups is 1. The second kappa shape index (κ2) is 8.22. The lowest BCUT2D eigenvalue weighted by atomic mass is 10.0. The summed E-state index contributed by atoms with van der Waals surface area (Å²) in [4.78, 5) is 11.7. The van der Waals surface area contributed by atoms with Crippen LogP contribution in [0.15, 0.2) is 18.2 Å². The molecule has 0 fully saturated rings. The summed E-state index contributed by atoms with van der Waals surface area (Å²) >= 11 is 5.66. The summed E-state index contributed by atoms with van der Waals surface area (Å²) in [6.07, 6.45) is 4.52. The average Bonchev–Trinajstić information content (AvgIpc) is 2.35. The minimum absolute atomic E-state index is 0.0592. The largest absolute Gasteiger partial charge is 0.330 e. The summed E-state index contributed by atoms with van der Waals surface area (Å²) in [7, 11) is 0. The first-order chi connectivity index (χ1) is 8.65. The van der Waals surface area contributed by atoms with Gasteiger partial charge in [0.1, 0.15) is 11.6 Å². The third-order valence-corrected chi connectivity index (χ3v) is 3.12. The van der Waals surface area contributed by atoms with E-state index in [4.69, 9.17) is 17.3 Å². The molecule has 0 radical (unpaired) electrons. The molecular formula is C14H19ClFNO. The molecule has 100 valence electrons. The molecule has 0 bridgehead atoms. The van der Waals surface area contributed by atoms with Crippen molar-refractivity contribution in [1.29, 1.82) is 0 Å². The highest BCUT2D eigenvalue weighted by molar-refractivity contribution is 6.30. The van der Waals surface area contributed by atoms with Crippen LogP contribution in [0.1, 0.15) is 37.7 Å². The van der Waals surface area contributed by atoms with E-state index in [2.05, 4.69) is 0 Å². The van der Waals surface area contributed by atoms with Gasteiger partial charge in [0.2, 0.25) is 0 Å². The minimum atomic E-state index is -0.476. The Bertz CT molecular complexity index is 395. The van der Waals surface area contributed by atoms with Crippen LogP contribution in [0.4, 0.5) is 4.39 Å². The summed E-state index contributed by atoms with van der Waals surface area (Å²) in [6.45, 7) is 0.696. The van der Waals surface area contributed by atoms with Crippen LogP contribution in [0.2, 0.25) is 5.02 Å². The molecule has 2 nitrogen and oxygen atoms in total. The van der Waals surface area contributed by atoms with E-state index in [1.54, 1.807) is 12.1 Å². The number of carbonyl (C=O) groups excluding carboxylic acids is 1. The van der Waals surface area contributed by atoms with Crippen molar-refractivity contribution in [2.24, 2.45) is 5.73 Å². The highest BCUT2D eigenvalue weighted by Gasteiger charge is 2.10. The van der Waals surface area contributed by atoms with Crippen LogP contribution in [-0.4, -0.2) is 12.3 Å². The predicted molar refractivity (Wildman–Crippen MR) is 72.3 cm³/mol. The molecule has 1 aromatic rings. The molecule has 18 heavy (non-hydrogen) atoms. The summed E-state index contributed by atoms with van der Waals surface area (Å²) in [5.74, 6) is -0.417. The molecule has 1 rings (SSSR count). The summed E-state index contributed by atoms with van der Waals surface area (Å²) in [5.41, 5.74) is 5.77. The van der Waals surface area contributed by atoms with Gasteiger partial charge in [-0.05, 0) is 31.0 Å². The molecule has 0 saturated carbocycles. The van der Waals surface area contributed by atoms with Crippen LogP contribution in [0, 0.1) is 5.82 Å². The van der Waals surface area contributed by atoms with Crippen molar-refractivity contribution in [2.75, 3.05) is 6.54 Å². The molecule has 0 aromatic heterocycles. The van der Waals surface area contributed by atoms with E-state index in [0.29, 0.717) is 18.5 Å². The number of nitrogens with two attached hydrogens (primary N) is 1. The van der Waals surface area contributed by atoms with E-state index >= 15 is 0 Å². The number of rotatable bonds is 8. The van der Waals surface area contributed by atoms with Gasteiger partial charge in [-0.1, -0.05) is 36.6 Å². The average molecular weight is 272 g/mol. The van der Waals surface area contributed by atoms with E-state index in [0.717, 1.165) is 25.7 Å². The third-order valence-electron chi connectivity index (χ3n) is 2.83. The molecule has 0 aliphatic rings. The molecule has 0 saturated heterocycles. The van der Waals surface area contributed by atoms with Gasteiger partial charge in [-0.2, -0.15) is 0 Å². The maximum atomic E-state index is 13.6. The van der Waals surface area contributed by atoms with Crippen molar-refractivity contribution in [3.05, 3.63) is 34.6 Å². The van der Waals surface area contributed by atoms with Gasteiger partial charge in [0.15, 0.2) is 0 Å². The van der Waals surface area contributed by atoms with Gasteiger partial charge in [0, 0.05) is 12.8 Å². The van der Waals surface area contributed by atoms with Crippen molar-refractivity contribution >= 4 is 17.4 Å². The molecule has 0 atom stereocenters. The van der Waals surface area contributed by atoms with Crippen molar-refractivity contribution in [3.63, 3.8) is 0 Å². The number of unbranched alkanes of at least 4 members (excludes halogenated alkanes) is 3. The first-order valence-corrected chi connectivity index (χ1v) is 6.67. The Morgan fingerprint density at radius 2 is 1.94 bits per heavy atom. The smallest absolute Gasteiger partial charge is 0.145 e. The third kappa shape index (κ3) is 5.15. The Kier molecular flexibility index (Phi) is 6.91. The fourth-order valence-corrected chi connectivity index (χ4v) is 2.00. The predicted octanol–water partition coefficient (Wildman–Crippen LogP) is 3.50. The number of ketones is 1. The molecular weight excluding hydrogens is 253 g/mol. The van der Waals surface area contributed by atoms with E-state index < -0.39 is 5.82 Å². The van der Waals surface area contributed by atoms with Crippen molar-refractivity contribution in [1.82, 2.24) is 0 Å². The Hall–Kier alpha value is -0.930. The Morgan fingerprint density at radius 3 is 2.67 bits per heavy atom. The molecule has 2 N–H and O–H groups in total. The van der Waals surface area contributed by atoms with Crippen LogP contribution in [-0.2, 0) is 11.2 Å². The number of hydrogen-bond acceptors (Lipinski definition) is 2. The van der Waals surface area contributed by atoms with E-state index in [1.165, 1.54) is 6.07 Å².